The summed E-state index contributed by atoms with van der Waals surface area (Å²) in [5.41, 5.74) is 7.20. The number of nitrogens with one attached hydrogen (secondary N) is 1. The van der Waals surface area contributed by atoms with Crippen LogP contribution in [-0.4, -0.2) is 23.2 Å². The van der Waals surface area contributed by atoms with E-state index >= 15 is 0 Å². The van der Waals surface area contributed by atoms with Gasteiger partial charge in [-0.05, 0) is 38.8 Å². The summed E-state index contributed by atoms with van der Waals surface area (Å²) in [6.07, 6.45) is 0.504. The molecule has 4 nitrogen and oxygen atoms in total. The Balaban J connectivity index is 2.91. The van der Waals surface area contributed by atoms with Crippen LogP contribution in [0.1, 0.15) is 36.2 Å². The molecular formula is C13H20N2O2. The normalized spacial score (nSPS) is 11.3. The Kier molecular flexibility index (Phi) is 4.12. The SMILES string of the molecule is Cc1cccc(N)c1C(=O)NC(C)(C)CCO. The van der Waals surface area contributed by atoms with E-state index in [1.165, 1.54) is 0 Å². The van der Waals surface area contributed by atoms with E-state index in [2.05, 4.69) is 5.32 Å². The van der Waals surface area contributed by atoms with Crippen LogP contribution in [0.25, 0.3) is 0 Å². The van der Waals surface area contributed by atoms with Gasteiger partial charge in [0, 0.05) is 17.8 Å². The molecule has 0 saturated carbocycles. The second-order valence-electron chi connectivity index (χ2n) is 4.85. The van der Waals surface area contributed by atoms with Gasteiger partial charge in [0.2, 0.25) is 0 Å². The van der Waals surface area contributed by atoms with Crippen LogP contribution in [0.2, 0.25) is 0 Å². The average Bonchev–Trinajstić information content (AvgIpc) is 2.15. The molecule has 0 saturated heterocycles. The Morgan fingerprint density at radius 1 is 1.47 bits per heavy atom. The van der Waals surface area contributed by atoms with Gasteiger partial charge in [0.05, 0.1) is 5.56 Å². The molecule has 0 heterocycles. The molecule has 0 aliphatic heterocycles. The second kappa shape index (κ2) is 5.19. The number of carbonyl (C=O) groups excluding carboxylic acids is 1. The first-order valence-corrected chi connectivity index (χ1v) is 5.66. The molecule has 4 heteroatoms. The van der Waals surface area contributed by atoms with Crippen LogP contribution in [0.15, 0.2) is 18.2 Å². The van der Waals surface area contributed by atoms with Crippen molar-refractivity contribution in [1.29, 1.82) is 0 Å². The van der Waals surface area contributed by atoms with E-state index in [0.717, 1.165) is 5.56 Å². The fourth-order valence-corrected chi connectivity index (χ4v) is 1.71. The molecule has 0 unspecified atom stereocenters. The molecule has 0 aromatic heterocycles. The topological polar surface area (TPSA) is 75.4 Å². The first kappa shape index (κ1) is 13.5. The lowest BCUT2D eigenvalue weighted by molar-refractivity contribution is 0.0900. The maximum atomic E-state index is 12.1. The third kappa shape index (κ3) is 3.46. The standard InChI is InChI=1S/C13H20N2O2/c1-9-5-4-6-10(14)11(9)12(17)15-13(2,3)7-8-16/h4-6,16H,7-8,14H2,1-3H3,(H,15,17). The lowest BCUT2D eigenvalue weighted by atomic mass is 9.99. The van der Waals surface area contributed by atoms with E-state index in [0.29, 0.717) is 17.7 Å². The van der Waals surface area contributed by atoms with E-state index in [1.54, 1.807) is 6.07 Å². The van der Waals surface area contributed by atoms with Crippen molar-refractivity contribution in [2.24, 2.45) is 0 Å². The number of aliphatic hydroxyl groups is 1. The van der Waals surface area contributed by atoms with E-state index < -0.39 is 5.54 Å². The van der Waals surface area contributed by atoms with Crippen LogP contribution in [0.3, 0.4) is 0 Å². The second-order valence-corrected chi connectivity index (χ2v) is 4.85. The molecule has 0 bridgehead atoms. The number of hydrogen-bond donors (Lipinski definition) is 3. The highest BCUT2D eigenvalue weighted by atomic mass is 16.3. The predicted octanol–water partition coefficient (Wildman–Crippen LogP) is 1.47. The fourth-order valence-electron chi connectivity index (χ4n) is 1.71. The fraction of sp³-hybridized carbons (Fsp3) is 0.462. The van der Waals surface area contributed by atoms with Gasteiger partial charge in [0.15, 0.2) is 0 Å². The van der Waals surface area contributed by atoms with Crippen molar-refractivity contribution in [2.75, 3.05) is 12.3 Å². The minimum atomic E-state index is -0.444. The van der Waals surface area contributed by atoms with Gasteiger partial charge in [-0.3, -0.25) is 4.79 Å². The molecule has 0 aliphatic carbocycles. The zero-order valence-corrected chi connectivity index (χ0v) is 10.6. The van der Waals surface area contributed by atoms with Crippen LogP contribution >= 0.6 is 0 Å². The smallest absolute Gasteiger partial charge is 0.254 e. The summed E-state index contributed by atoms with van der Waals surface area (Å²) in [6, 6.07) is 5.38. The molecule has 0 aliphatic rings. The summed E-state index contributed by atoms with van der Waals surface area (Å²) in [5, 5.41) is 11.8. The highest BCUT2D eigenvalue weighted by Crippen LogP contribution is 2.18. The monoisotopic (exact) mass is 236 g/mol. The van der Waals surface area contributed by atoms with Crippen LogP contribution in [-0.2, 0) is 0 Å². The number of benzene rings is 1. The Labute approximate surface area is 102 Å². The zero-order chi connectivity index (χ0) is 13.1. The van der Waals surface area contributed by atoms with Crippen LogP contribution in [0, 0.1) is 6.92 Å². The van der Waals surface area contributed by atoms with Gasteiger partial charge in [-0.1, -0.05) is 12.1 Å². The van der Waals surface area contributed by atoms with Crippen LogP contribution in [0.4, 0.5) is 5.69 Å². The molecule has 1 aromatic carbocycles. The summed E-state index contributed by atoms with van der Waals surface area (Å²) in [6.45, 7) is 5.63. The summed E-state index contributed by atoms with van der Waals surface area (Å²) >= 11 is 0. The molecule has 1 aromatic rings. The van der Waals surface area contributed by atoms with Crippen molar-refractivity contribution in [3.8, 4) is 0 Å². The van der Waals surface area contributed by atoms with Crippen LogP contribution < -0.4 is 11.1 Å². The van der Waals surface area contributed by atoms with E-state index in [9.17, 15) is 4.79 Å². The number of hydrogen-bond acceptors (Lipinski definition) is 3. The van der Waals surface area contributed by atoms with Crippen molar-refractivity contribution in [2.45, 2.75) is 32.7 Å². The average molecular weight is 236 g/mol. The van der Waals surface area contributed by atoms with Gasteiger partial charge in [-0.25, -0.2) is 0 Å². The first-order chi connectivity index (χ1) is 7.87. The number of carbonyl (C=O) groups is 1. The third-order valence-electron chi connectivity index (χ3n) is 2.72. The number of aliphatic hydroxyl groups excluding tert-OH is 1. The van der Waals surface area contributed by atoms with Crippen molar-refractivity contribution < 1.29 is 9.90 Å². The number of rotatable bonds is 4. The van der Waals surface area contributed by atoms with E-state index in [-0.39, 0.29) is 12.5 Å². The summed E-state index contributed by atoms with van der Waals surface area (Å²) < 4.78 is 0. The largest absolute Gasteiger partial charge is 0.398 e. The molecule has 0 atom stereocenters. The molecular weight excluding hydrogens is 216 g/mol. The van der Waals surface area contributed by atoms with Crippen molar-refractivity contribution in [3.63, 3.8) is 0 Å². The Bertz CT molecular complexity index is 394. The highest BCUT2D eigenvalue weighted by Gasteiger charge is 2.22. The van der Waals surface area contributed by atoms with Gasteiger partial charge in [0.1, 0.15) is 0 Å². The van der Waals surface area contributed by atoms with Crippen molar-refractivity contribution >= 4 is 11.6 Å². The van der Waals surface area contributed by atoms with Gasteiger partial charge >= 0.3 is 0 Å². The highest BCUT2D eigenvalue weighted by molar-refractivity contribution is 6.00. The third-order valence-corrected chi connectivity index (χ3v) is 2.72. The minimum absolute atomic E-state index is 0.0382. The predicted molar refractivity (Wildman–Crippen MR) is 68.8 cm³/mol. The molecule has 4 N–H and O–H groups in total. The molecule has 1 amide bonds. The summed E-state index contributed by atoms with van der Waals surface area (Å²) in [7, 11) is 0. The molecule has 0 spiro atoms. The first-order valence-electron chi connectivity index (χ1n) is 5.66. The molecule has 1 rings (SSSR count). The lowest BCUT2D eigenvalue weighted by Gasteiger charge is -2.26. The number of nitrogens with two attached hydrogens (primary N) is 1. The maximum absolute atomic E-state index is 12.1. The molecule has 0 radical (unpaired) electrons. The van der Waals surface area contributed by atoms with Gasteiger partial charge in [0.25, 0.3) is 5.91 Å². The molecule has 17 heavy (non-hydrogen) atoms. The quantitative estimate of drug-likeness (QED) is 0.693. The van der Waals surface area contributed by atoms with Gasteiger partial charge in [-0.2, -0.15) is 0 Å². The summed E-state index contributed by atoms with van der Waals surface area (Å²) in [4.78, 5) is 12.1. The zero-order valence-electron chi connectivity index (χ0n) is 10.6. The Morgan fingerprint density at radius 2 is 2.12 bits per heavy atom. The van der Waals surface area contributed by atoms with Gasteiger partial charge in [-0.15, -0.1) is 0 Å². The Morgan fingerprint density at radius 3 is 2.65 bits per heavy atom. The molecule has 94 valence electrons. The Hall–Kier alpha value is -1.55. The summed E-state index contributed by atoms with van der Waals surface area (Å²) in [5.74, 6) is -0.195. The maximum Gasteiger partial charge on any atom is 0.254 e. The number of anilines is 1. The molecule has 0 fully saturated rings. The lowest BCUT2D eigenvalue weighted by Crippen LogP contribution is -2.44. The minimum Gasteiger partial charge on any atom is -0.398 e. The number of aryl methyl sites for hydroxylation is 1. The number of nitrogen functional groups attached to an aromatic ring is 1. The van der Waals surface area contributed by atoms with E-state index in [1.807, 2.05) is 32.9 Å². The van der Waals surface area contributed by atoms with Crippen LogP contribution in [0.5, 0.6) is 0 Å². The van der Waals surface area contributed by atoms with E-state index in [4.69, 9.17) is 10.8 Å². The van der Waals surface area contributed by atoms with Crippen molar-refractivity contribution in [3.05, 3.63) is 29.3 Å². The van der Waals surface area contributed by atoms with Crippen molar-refractivity contribution in [1.82, 2.24) is 5.32 Å². The van der Waals surface area contributed by atoms with Gasteiger partial charge < -0.3 is 16.2 Å². The number of amides is 1.